The van der Waals surface area contributed by atoms with Crippen LogP contribution in [0.4, 0.5) is 10.1 Å². The van der Waals surface area contributed by atoms with Crippen molar-refractivity contribution in [2.75, 3.05) is 25.4 Å². The van der Waals surface area contributed by atoms with Gasteiger partial charge in [-0.25, -0.2) is 4.39 Å². The van der Waals surface area contributed by atoms with E-state index in [2.05, 4.69) is 39.3 Å². The molecule has 3 heterocycles. The average molecular weight is 391 g/mol. The highest BCUT2D eigenvalue weighted by Crippen LogP contribution is 2.33. The minimum atomic E-state index is -0.157. The molecule has 0 atom stereocenters. The number of nitrogens with zero attached hydrogens (tertiary/aromatic N) is 1. The molecular weight excluding hydrogens is 363 g/mol. The fourth-order valence-electron chi connectivity index (χ4n) is 4.77. The minimum absolute atomic E-state index is 0.157. The number of hydrogen-bond acceptors (Lipinski definition) is 2. The maximum atomic E-state index is 13.7. The summed E-state index contributed by atoms with van der Waals surface area (Å²) in [7, 11) is 0. The number of likely N-dealkylation sites (tertiary alicyclic amines) is 1. The van der Waals surface area contributed by atoms with Gasteiger partial charge in [0.05, 0.1) is 5.69 Å². The lowest BCUT2D eigenvalue weighted by Gasteiger charge is -2.32. The monoisotopic (exact) mass is 390 g/mol. The highest BCUT2D eigenvalue weighted by molar-refractivity contribution is 5.91. The van der Waals surface area contributed by atoms with Crippen LogP contribution in [-0.2, 0) is 6.42 Å². The third-order valence-corrected chi connectivity index (χ3v) is 6.42. The van der Waals surface area contributed by atoms with Gasteiger partial charge in [0, 0.05) is 34.2 Å². The molecule has 0 radical (unpaired) electrons. The van der Waals surface area contributed by atoms with Crippen LogP contribution in [0.2, 0.25) is 0 Å². The summed E-state index contributed by atoms with van der Waals surface area (Å²) in [5.41, 5.74) is 11.6. The molecular formula is C24H27FN4. The maximum Gasteiger partial charge on any atom is 0.123 e. The van der Waals surface area contributed by atoms with Crippen molar-refractivity contribution in [2.45, 2.75) is 31.6 Å². The van der Waals surface area contributed by atoms with Gasteiger partial charge >= 0.3 is 0 Å². The number of aromatic nitrogens is 2. The smallest absolute Gasteiger partial charge is 0.123 e. The molecule has 1 fully saturated rings. The van der Waals surface area contributed by atoms with Crippen LogP contribution >= 0.6 is 0 Å². The van der Waals surface area contributed by atoms with Gasteiger partial charge in [0.25, 0.3) is 0 Å². The van der Waals surface area contributed by atoms with E-state index in [1.807, 2.05) is 12.3 Å². The topological polar surface area (TPSA) is 60.8 Å². The number of aryl methyl sites for hydroxylation is 1. The third-order valence-electron chi connectivity index (χ3n) is 6.42. The van der Waals surface area contributed by atoms with Gasteiger partial charge in [0.2, 0.25) is 0 Å². The number of nitrogens with two attached hydrogens (primary N) is 1. The van der Waals surface area contributed by atoms with Crippen LogP contribution in [0.15, 0.2) is 48.8 Å². The van der Waals surface area contributed by atoms with Crippen LogP contribution < -0.4 is 5.73 Å². The van der Waals surface area contributed by atoms with Gasteiger partial charge in [-0.15, -0.1) is 0 Å². The number of benzene rings is 2. The van der Waals surface area contributed by atoms with Crippen molar-refractivity contribution >= 4 is 27.5 Å². The fraction of sp³-hybridized carbons (Fsp3) is 0.333. The van der Waals surface area contributed by atoms with Crippen LogP contribution in [-0.4, -0.2) is 34.5 Å². The van der Waals surface area contributed by atoms with Gasteiger partial charge in [-0.3, -0.25) is 0 Å². The molecule has 150 valence electrons. The predicted octanol–water partition coefficient (Wildman–Crippen LogP) is 5.18. The van der Waals surface area contributed by atoms with Gasteiger partial charge in [0.1, 0.15) is 5.82 Å². The van der Waals surface area contributed by atoms with E-state index in [9.17, 15) is 4.39 Å². The van der Waals surface area contributed by atoms with Crippen molar-refractivity contribution in [3.8, 4) is 0 Å². The molecule has 5 rings (SSSR count). The van der Waals surface area contributed by atoms with Gasteiger partial charge in [-0.05, 0) is 92.7 Å². The number of hydrogen-bond donors (Lipinski definition) is 3. The van der Waals surface area contributed by atoms with E-state index < -0.39 is 0 Å². The zero-order chi connectivity index (χ0) is 19.8. The van der Waals surface area contributed by atoms with E-state index in [-0.39, 0.29) is 5.82 Å². The Morgan fingerprint density at radius 2 is 1.72 bits per heavy atom. The second kappa shape index (κ2) is 7.56. The van der Waals surface area contributed by atoms with Gasteiger partial charge in [0.15, 0.2) is 0 Å². The zero-order valence-corrected chi connectivity index (χ0v) is 16.5. The normalized spacial score (nSPS) is 16.2. The summed E-state index contributed by atoms with van der Waals surface area (Å²) in [6.45, 7) is 3.34. The Bertz CT molecular complexity index is 1130. The first-order valence-electron chi connectivity index (χ1n) is 10.5. The molecule has 1 aliphatic rings. The molecule has 4 nitrogen and oxygen atoms in total. The predicted molar refractivity (Wildman–Crippen MR) is 118 cm³/mol. The summed E-state index contributed by atoms with van der Waals surface area (Å²) in [5.74, 6) is 0.358. The largest absolute Gasteiger partial charge is 0.397 e. The van der Waals surface area contributed by atoms with Crippen molar-refractivity contribution in [2.24, 2.45) is 0 Å². The molecule has 0 spiro atoms. The second-order valence-corrected chi connectivity index (χ2v) is 8.28. The molecule has 2 aromatic carbocycles. The molecule has 1 aliphatic heterocycles. The molecule has 1 saturated heterocycles. The second-order valence-electron chi connectivity index (χ2n) is 8.28. The molecule has 4 N–H and O–H groups in total. The third kappa shape index (κ3) is 3.62. The SMILES string of the molecule is Nc1c[nH]c2ccc(CCCN3CCC(c4c[nH]c5ccc(F)cc45)CC3)cc12. The summed E-state index contributed by atoms with van der Waals surface area (Å²) in [6.07, 6.45) is 8.43. The van der Waals surface area contributed by atoms with Crippen LogP contribution in [0.25, 0.3) is 21.8 Å². The molecule has 2 aromatic heterocycles. The lowest BCUT2D eigenvalue weighted by molar-refractivity contribution is 0.211. The number of rotatable bonds is 5. The zero-order valence-electron chi connectivity index (χ0n) is 16.5. The molecule has 0 amide bonds. The van der Waals surface area contributed by atoms with Crippen molar-refractivity contribution in [3.05, 3.63) is 65.7 Å². The van der Waals surface area contributed by atoms with Crippen molar-refractivity contribution < 1.29 is 4.39 Å². The van der Waals surface area contributed by atoms with Gasteiger partial charge in [-0.1, -0.05) is 6.07 Å². The Balaban J connectivity index is 1.15. The number of H-pyrrole nitrogens is 2. The van der Waals surface area contributed by atoms with E-state index in [4.69, 9.17) is 5.73 Å². The van der Waals surface area contributed by atoms with E-state index in [0.29, 0.717) is 5.92 Å². The first-order valence-corrected chi connectivity index (χ1v) is 10.5. The Morgan fingerprint density at radius 3 is 2.59 bits per heavy atom. The highest BCUT2D eigenvalue weighted by atomic mass is 19.1. The van der Waals surface area contributed by atoms with E-state index in [1.165, 1.54) is 17.2 Å². The minimum Gasteiger partial charge on any atom is -0.397 e. The number of aromatic amines is 2. The van der Waals surface area contributed by atoms with Crippen LogP contribution in [0.5, 0.6) is 0 Å². The van der Waals surface area contributed by atoms with Crippen LogP contribution in [0.3, 0.4) is 0 Å². The molecule has 0 unspecified atom stereocenters. The van der Waals surface area contributed by atoms with Gasteiger partial charge in [-0.2, -0.15) is 0 Å². The Hall–Kier alpha value is -2.79. The van der Waals surface area contributed by atoms with E-state index >= 15 is 0 Å². The summed E-state index contributed by atoms with van der Waals surface area (Å²) in [6, 6.07) is 11.6. The van der Waals surface area contributed by atoms with Gasteiger partial charge < -0.3 is 20.6 Å². The van der Waals surface area contributed by atoms with E-state index in [0.717, 1.165) is 72.8 Å². The fourth-order valence-corrected chi connectivity index (χ4v) is 4.77. The Morgan fingerprint density at radius 1 is 0.966 bits per heavy atom. The lowest BCUT2D eigenvalue weighted by atomic mass is 9.89. The Labute approximate surface area is 169 Å². The molecule has 29 heavy (non-hydrogen) atoms. The highest BCUT2D eigenvalue weighted by Gasteiger charge is 2.22. The molecule has 4 aromatic rings. The number of piperidine rings is 1. The summed E-state index contributed by atoms with van der Waals surface area (Å²) < 4.78 is 13.7. The standard InChI is InChI=1S/C24H27FN4/c25-18-4-6-23-19(13-18)21(14-27-23)17-7-10-29(11-8-17)9-1-2-16-3-5-24-20(12-16)22(26)15-28-24/h3-6,12-15,17,27-28H,1-2,7-11,26H2. The average Bonchev–Trinajstić information content (AvgIpc) is 3.32. The quantitative estimate of drug-likeness (QED) is 0.439. The molecule has 0 saturated carbocycles. The van der Waals surface area contributed by atoms with Crippen LogP contribution in [0.1, 0.15) is 36.3 Å². The molecule has 0 bridgehead atoms. The summed E-state index contributed by atoms with van der Waals surface area (Å²) in [5, 5.41) is 2.17. The molecule has 5 heteroatoms. The number of fused-ring (bicyclic) bond motifs is 2. The Kier molecular flexibility index (Phi) is 4.76. The van der Waals surface area contributed by atoms with Crippen molar-refractivity contribution in [1.82, 2.24) is 14.9 Å². The first kappa shape index (κ1) is 18.3. The number of halogens is 1. The summed E-state index contributed by atoms with van der Waals surface area (Å²) >= 11 is 0. The van der Waals surface area contributed by atoms with E-state index in [1.54, 1.807) is 6.07 Å². The maximum absolute atomic E-state index is 13.7. The number of anilines is 1. The molecule has 0 aliphatic carbocycles. The summed E-state index contributed by atoms with van der Waals surface area (Å²) in [4.78, 5) is 9.06. The number of nitrogens with one attached hydrogen (secondary N) is 2. The van der Waals surface area contributed by atoms with Crippen molar-refractivity contribution in [3.63, 3.8) is 0 Å². The number of nitrogen functional groups attached to an aromatic ring is 1. The first-order chi connectivity index (χ1) is 14.2. The lowest BCUT2D eigenvalue weighted by Crippen LogP contribution is -2.33. The van der Waals surface area contributed by atoms with Crippen LogP contribution in [0, 0.1) is 5.82 Å². The van der Waals surface area contributed by atoms with Crippen molar-refractivity contribution in [1.29, 1.82) is 0 Å².